The predicted molar refractivity (Wildman–Crippen MR) is 130 cm³/mol. The van der Waals surface area contributed by atoms with E-state index in [2.05, 4.69) is 39.6 Å². The molecule has 31 heavy (non-hydrogen) atoms. The zero-order chi connectivity index (χ0) is 21.3. The Hall–Kier alpha value is -2.05. The molecule has 0 amide bonds. The van der Waals surface area contributed by atoms with Crippen molar-refractivity contribution >= 4 is 17.3 Å². The van der Waals surface area contributed by atoms with Crippen LogP contribution in [0.25, 0.3) is 0 Å². The van der Waals surface area contributed by atoms with Gasteiger partial charge in [0.15, 0.2) is 5.96 Å². The van der Waals surface area contributed by atoms with Gasteiger partial charge in [-0.3, -0.25) is 9.89 Å². The molecule has 0 bridgehead atoms. The van der Waals surface area contributed by atoms with Crippen molar-refractivity contribution in [3.8, 4) is 5.75 Å². The van der Waals surface area contributed by atoms with Crippen LogP contribution in [0.3, 0.4) is 0 Å². The van der Waals surface area contributed by atoms with Gasteiger partial charge in [0, 0.05) is 57.0 Å². The summed E-state index contributed by atoms with van der Waals surface area (Å²) in [6, 6.07) is 14.6. The molecular formula is C25H36N4OS. The number of benzene rings is 1. The Morgan fingerprint density at radius 1 is 1.10 bits per heavy atom. The second-order valence-electron chi connectivity index (χ2n) is 8.63. The molecule has 1 aromatic heterocycles. The Morgan fingerprint density at radius 2 is 1.94 bits per heavy atom. The number of para-hydroxylation sites is 1. The molecule has 1 atom stereocenters. The van der Waals surface area contributed by atoms with Crippen molar-refractivity contribution in [1.29, 1.82) is 0 Å². The molecule has 0 spiro atoms. The molecule has 1 N–H and O–H groups in total. The number of aliphatic imine (C=N–C) groups is 1. The van der Waals surface area contributed by atoms with E-state index in [-0.39, 0.29) is 0 Å². The third-order valence-corrected chi connectivity index (χ3v) is 7.05. The first-order chi connectivity index (χ1) is 15.3. The maximum atomic E-state index is 6.16. The van der Waals surface area contributed by atoms with Gasteiger partial charge < -0.3 is 15.0 Å². The number of rotatable bonds is 7. The standard InChI is InChI=1S/C25H36N4OS/c1-2-26-25(29-15-12-23(13-16-29)30-22-9-4-3-5-10-22)27-18-21-8-6-14-28(19-21)20-24-11-7-17-31-24/h3-5,7,9-11,17,21,23H,2,6,8,12-16,18-20H2,1H3,(H,26,27). The Morgan fingerprint density at radius 3 is 2.68 bits per heavy atom. The second kappa shape index (κ2) is 11.5. The molecule has 2 fully saturated rings. The van der Waals surface area contributed by atoms with Crippen molar-refractivity contribution in [1.82, 2.24) is 15.1 Å². The number of hydrogen-bond acceptors (Lipinski definition) is 4. The van der Waals surface area contributed by atoms with Crippen LogP contribution in [0.5, 0.6) is 5.75 Å². The van der Waals surface area contributed by atoms with Crippen LogP contribution in [-0.2, 0) is 6.54 Å². The molecule has 0 aliphatic carbocycles. The van der Waals surface area contributed by atoms with Gasteiger partial charge in [0.05, 0.1) is 0 Å². The van der Waals surface area contributed by atoms with Crippen LogP contribution < -0.4 is 10.1 Å². The van der Waals surface area contributed by atoms with Gasteiger partial charge in [-0.15, -0.1) is 11.3 Å². The van der Waals surface area contributed by atoms with Gasteiger partial charge in [-0.1, -0.05) is 24.3 Å². The van der Waals surface area contributed by atoms with E-state index in [1.54, 1.807) is 0 Å². The smallest absolute Gasteiger partial charge is 0.193 e. The minimum Gasteiger partial charge on any atom is -0.490 e. The van der Waals surface area contributed by atoms with Gasteiger partial charge in [-0.2, -0.15) is 0 Å². The molecule has 2 saturated heterocycles. The fraction of sp³-hybridized carbons (Fsp3) is 0.560. The molecule has 1 unspecified atom stereocenters. The summed E-state index contributed by atoms with van der Waals surface area (Å²) in [5.41, 5.74) is 0. The summed E-state index contributed by atoms with van der Waals surface area (Å²) in [5, 5.41) is 5.71. The highest BCUT2D eigenvalue weighted by atomic mass is 32.1. The van der Waals surface area contributed by atoms with Crippen LogP contribution in [0.4, 0.5) is 0 Å². The largest absolute Gasteiger partial charge is 0.490 e. The molecule has 0 saturated carbocycles. The molecule has 2 aliphatic heterocycles. The monoisotopic (exact) mass is 440 g/mol. The fourth-order valence-corrected chi connectivity index (χ4v) is 5.33. The van der Waals surface area contributed by atoms with Gasteiger partial charge in [0.25, 0.3) is 0 Å². The highest BCUT2D eigenvalue weighted by Gasteiger charge is 2.24. The lowest BCUT2D eigenvalue weighted by molar-refractivity contribution is 0.129. The van der Waals surface area contributed by atoms with Crippen LogP contribution in [0.15, 0.2) is 52.8 Å². The molecule has 4 rings (SSSR count). The minimum absolute atomic E-state index is 0.297. The molecule has 168 valence electrons. The summed E-state index contributed by atoms with van der Waals surface area (Å²) < 4.78 is 6.16. The average molecular weight is 441 g/mol. The van der Waals surface area contributed by atoms with Gasteiger partial charge in [-0.25, -0.2) is 0 Å². The highest BCUT2D eigenvalue weighted by molar-refractivity contribution is 7.09. The molecule has 2 aromatic rings. The van der Waals surface area contributed by atoms with Gasteiger partial charge >= 0.3 is 0 Å². The molecule has 1 aromatic carbocycles. The third kappa shape index (κ3) is 6.71. The van der Waals surface area contributed by atoms with Crippen molar-refractivity contribution in [2.75, 3.05) is 39.3 Å². The Kier molecular flexibility index (Phi) is 8.24. The zero-order valence-electron chi connectivity index (χ0n) is 18.7. The molecule has 2 aliphatic rings. The zero-order valence-corrected chi connectivity index (χ0v) is 19.5. The Bertz CT molecular complexity index is 787. The van der Waals surface area contributed by atoms with Crippen molar-refractivity contribution < 1.29 is 4.74 Å². The predicted octanol–water partition coefficient (Wildman–Crippen LogP) is 4.47. The van der Waals surface area contributed by atoms with Crippen molar-refractivity contribution in [3.05, 3.63) is 52.7 Å². The quantitative estimate of drug-likeness (QED) is 0.509. The Labute approximate surface area is 191 Å². The summed E-state index contributed by atoms with van der Waals surface area (Å²) in [6.07, 6.45) is 4.95. The lowest BCUT2D eigenvalue weighted by Crippen LogP contribution is -2.48. The van der Waals surface area contributed by atoms with Crippen molar-refractivity contribution in [2.45, 2.75) is 45.3 Å². The lowest BCUT2D eigenvalue weighted by atomic mass is 9.98. The van der Waals surface area contributed by atoms with Gasteiger partial charge in [0.1, 0.15) is 11.9 Å². The summed E-state index contributed by atoms with van der Waals surface area (Å²) in [4.78, 5) is 11.6. The maximum Gasteiger partial charge on any atom is 0.193 e. The van der Waals surface area contributed by atoms with Crippen LogP contribution in [0.2, 0.25) is 0 Å². The van der Waals surface area contributed by atoms with E-state index < -0.39 is 0 Å². The number of likely N-dealkylation sites (tertiary alicyclic amines) is 2. The maximum absolute atomic E-state index is 6.16. The topological polar surface area (TPSA) is 40.1 Å². The number of thiophene rings is 1. The van der Waals surface area contributed by atoms with E-state index in [1.807, 2.05) is 41.7 Å². The average Bonchev–Trinajstić information content (AvgIpc) is 3.31. The van der Waals surface area contributed by atoms with Crippen molar-refractivity contribution in [3.63, 3.8) is 0 Å². The van der Waals surface area contributed by atoms with E-state index in [9.17, 15) is 0 Å². The molecular weight excluding hydrogens is 404 g/mol. The van der Waals surface area contributed by atoms with Crippen LogP contribution >= 0.6 is 11.3 Å². The molecule has 0 radical (unpaired) electrons. The second-order valence-corrected chi connectivity index (χ2v) is 9.67. The first-order valence-corrected chi connectivity index (χ1v) is 12.7. The van der Waals surface area contributed by atoms with Crippen molar-refractivity contribution in [2.24, 2.45) is 10.9 Å². The Balaban J connectivity index is 1.27. The summed E-state index contributed by atoms with van der Waals surface area (Å²) in [7, 11) is 0. The van der Waals surface area contributed by atoms with Crippen LogP contribution in [-0.4, -0.2) is 61.1 Å². The molecule has 3 heterocycles. The van der Waals surface area contributed by atoms with E-state index in [0.717, 1.165) is 63.8 Å². The first-order valence-electron chi connectivity index (χ1n) is 11.8. The number of nitrogens with zero attached hydrogens (tertiary/aromatic N) is 3. The highest BCUT2D eigenvalue weighted by Crippen LogP contribution is 2.22. The SMILES string of the molecule is CCNC(=NCC1CCCN(Cc2cccs2)C1)N1CCC(Oc2ccccc2)CC1. The number of piperidine rings is 2. The van der Waals surface area contributed by atoms with Crippen LogP contribution in [0, 0.1) is 5.92 Å². The summed E-state index contributed by atoms with van der Waals surface area (Å²) in [6.45, 7) is 9.45. The van der Waals surface area contributed by atoms with E-state index in [4.69, 9.17) is 9.73 Å². The van der Waals surface area contributed by atoms with E-state index >= 15 is 0 Å². The summed E-state index contributed by atoms with van der Waals surface area (Å²) in [5.74, 6) is 2.71. The fourth-order valence-electron chi connectivity index (χ4n) is 4.59. The molecule has 6 heteroatoms. The number of guanidine groups is 1. The number of ether oxygens (including phenoxy) is 1. The minimum atomic E-state index is 0.297. The third-order valence-electron chi connectivity index (χ3n) is 6.18. The normalized spacial score (nSPS) is 21.3. The lowest BCUT2D eigenvalue weighted by Gasteiger charge is -2.35. The number of nitrogens with one attached hydrogen (secondary N) is 1. The summed E-state index contributed by atoms with van der Waals surface area (Å²) >= 11 is 1.87. The van der Waals surface area contributed by atoms with Gasteiger partial charge in [0.2, 0.25) is 0 Å². The molecule has 5 nitrogen and oxygen atoms in total. The van der Waals surface area contributed by atoms with Gasteiger partial charge in [-0.05, 0) is 55.8 Å². The number of hydrogen-bond donors (Lipinski definition) is 1. The first kappa shape index (κ1) is 22.2. The van der Waals surface area contributed by atoms with E-state index in [1.165, 1.54) is 24.3 Å². The van der Waals surface area contributed by atoms with Crippen LogP contribution in [0.1, 0.15) is 37.5 Å². The van der Waals surface area contributed by atoms with E-state index in [0.29, 0.717) is 12.0 Å².